The second kappa shape index (κ2) is 5.31. The monoisotopic (exact) mass is 291 g/mol. The number of benzene rings is 1. The molecule has 21 heavy (non-hydrogen) atoms. The van der Waals surface area contributed by atoms with Crippen molar-refractivity contribution in [2.75, 3.05) is 7.05 Å². The molecule has 0 aliphatic heterocycles. The van der Waals surface area contributed by atoms with E-state index in [9.17, 15) is 9.90 Å². The van der Waals surface area contributed by atoms with Gasteiger partial charge in [-0.05, 0) is 33.8 Å². The average molecular weight is 291 g/mol. The summed E-state index contributed by atoms with van der Waals surface area (Å²) in [5.41, 5.74) is 0.786. The Kier molecular flexibility index (Phi) is 3.85. The van der Waals surface area contributed by atoms with E-state index in [1.807, 2.05) is 33.8 Å². The summed E-state index contributed by atoms with van der Waals surface area (Å²) in [5.74, 6) is 0.781. The Bertz CT molecular complexity index is 667. The smallest absolute Gasteiger partial charge is 0.410 e. The van der Waals surface area contributed by atoms with Crippen LogP contribution in [0.4, 0.5) is 4.79 Å². The fourth-order valence-corrected chi connectivity index (χ4v) is 2.11. The molecular formula is C16H21NO4. The largest absolute Gasteiger partial charge is 0.504 e. The first kappa shape index (κ1) is 15.2. The minimum absolute atomic E-state index is 0.0989. The van der Waals surface area contributed by atoms with Crippen molar-refractivity contribution in [3.63, 3.8) is 0 Å². The zero-order chi connectivity index (χ0) is 15.8. The number of ether oxygens (including phenoxy) is 1. The summed E-state index contributed by atoms with van der Waals surface area (Å²) in [6, 6.07) is 5.19. The predicted molar refractivity (Wildman–Crippen MR) is 80.3 cm³/mol. The molecule has 1 aromatic carbocycles. The summed E-state index contributed by atoms with van der Waals surface area (Å²) >= 11 is 0. The summed E-state index contributed by atoms with van der Waals surface area (Å²) in [4.78, 5) is 13.5. The fourth-order valence-electron chi connectivity index (χ4n) is 2.11. The van der Waals surface area contributed by atoms with E-state index in [4.69, 9.17) is 9.15 Å². The van der Waals surface area contributed by atoms with Crippen LogP contribution in [0, 0.1) is 6.92 Å². The Morgan fingerprint density at radius 2 is 2.05 bits per heavy atom. The maximum Gasteiger partial charge on any atom is 0.410 e. The topological polar surface area (TPSA) is 62.9 Å². The summed E-state index contributed by atoms with van der Waals surface area (Å²) < 4.78 is 10.9. The highest BCUT2D eigenvalue weighted by atomic mass is 16.6. The molecule has 1 heterocycles. The van der Waals surface area contributed by atoms with E-state index in [-0.39, 0.29) is 5.75 Å². The van der Waals surface area contributed by atoms with E-state index in [0.29, 0.717) is 17.9 Å². The summed E-state index contributed by atoms with van der Waals surface area (Å²) in [6.07, 6.45) is -0.392. The third-order valence-electron chi connectivity index (χ3n) is 3.10. The highest BCUT2D eigenvalue weighted by Crippen LogP contribution is 2.32. The second-order valence-corrected chi connectivity index (χ2v) is 6.13. The number of phenolic OH excluding ortho intramolecular Hbond substituents is 1. The van der Waals surface area contributed by atoms with Crippen LogP contribution in [0.5, 0.6) is 5.75 Å². The number of fused-ring (bicyclic) bond motifs is 1. The number of aromatic hydroxyl groups is 1. The summed E-state index contributed by atoms with van der Waals surface area (Å²) in [6.45, 7) is 7.66. The Labute approximate surface area is 124 Å². The molecule has 0 aliphatic rings. The van der Waals surface area contributed by atoms with Gasteiger partial charge in [-0.15, -0.1) is 0 Å². The number of para-hydroxylation sites is 1. The van der Waals surface area contributed by atoms with Crippen LogP contribution in [-0.2, 0) is 11.3 Å². The van der Waals surface area contributed by atoms with Crippen LogP contribution < -0.4 is 0 Å². The van der Waals surface area contributed by atoms with Gasteiger partial charge in [0.2, 0.25) is 0 Å². The van der Waals surface area contributed by atoms with Crippen LogP contribution in [0.15, 0.2) is 22.6 Å². The van der Waals surface area contributed by atoms with Gasteiger partial charge in [0, 0.05) is 18.0 Å². The van der Waals surface area contributed by atoms with Crippen LogP contribution in [0.1, 0.15) is 32.1 Å². The molecule has 5 heteroatoms. The van der Waals surface area contributed by atoms with E-state index in [1.165, 1.54) is 4.90 Å². The number of aryl methyl sites for hydroxylation is 1. The zero-order valence-corrected chi connectivity index (χ0v) is 13.1. The Hall–Kier alpha value is -2.17. The third kappa shape index (κ3) is 3.29. The van der Waals surface area contributed by atoms with Gasteiger partial charge >= 0.3 is 6.09 Å². The van der Waals surface area contributed by atoms with E-state index >= 15 is 0 Å². The number of nitrogens with zero attached hydrogens (tertiary/aromatic N) is 1. The summed E-state index contributed by atoms with van der Waals surface area (Å²) in [7, 11) is 1.68. The second-order valence-electron chi connectivity index (χ2n) is 6.13. The molecule has 0 fully saturated rings. The minimum atomic E-state index is -0.531. The molecule has 1 aromatic heterocycles. The number of rotatable bonds is 2. The van der Waals surface area contributed by atoms with Gasteiger partial charge in [-0.25, -0.2) is 4.79 Å². The lowest BCUT2D eigenvalue weighted by Gasteiger charge is -2.24. The number of carbonyl (C=O) groups is 1. The molecule has 0 saturated carbocycles. The molecule has 1 amide bonds. The Morgan fingerprint density at radius 1 is 1.38 bits per heavy atom. The molecule has 5 nitrogen and oxygen atoms in total. The SMILES string of the molecule is Cc1oc2c(O)cccc2c1CN(C)C(=O)OC(C)(C)C. The Morgan fingerprint density at radius 3 is 2.67 bits per heavy atom. The predicted octanol–water partition coefficient (Wildman–Crippen LogP) is 3.81. The molecular weight excluding hydrogens is 270 g/mol. The minimum Gasteiger partial charge on any atom is -0.504 e. The van der Waals surface area contributed by atoms with Crippen molar-refractivity contribution >= 4 is 17.1 Å². The van der Waals surface area contributed by atoms with Gasteiger partial charge in [-0.2, -0.15) is 0 Å². The van der Waals surface area contributed by atoms with Crippen LogP contribution in [0.3, 0.4) is 0 Å². The van der Waals surface area contributed by atoms with Crippen molar-refractivity contribution in [1.82, 2.24) is 4.90 Å². The zero-order valence-electron chi connectivity index (χ0n) is 13.1. The van der Waals surface area contributed by atoms with Crippen molar-refractivity contribution in [3.8, 4) is 5.75 Å². The lowest BCUT2D eigenvalue weighted by atomic mass is 10.1. The molecule has 0 bridgehead atoms. The molecule has 0 unspecified atom stereocenters. The van der Waals surface area contributed by atoms with Crippen LogP contribution in [0.2, 0.25) is 0 Å². The normalized spacial score (nSPS) is 11.7. The highest BCUT2D eigenvalue weighted by molar-refractivity contribution is 5.87. The standard InChI is InChI=1S/C16H21NO4/c1-10-12(9-17(5)15(19)21-16(2,3)4)11-7-6-8-13(18)14(11)20-10/h6-8,18H,9H2,1-5H3. The number of phenols is 1. The van der Waals surface area contributed by atoms with E-state index in [1.54, 1.807) is 19.2 Å². The van der Waals surface area contributed by atoms with Gasteiger partial charge in [0.1, 0.15) is 11.4 Å². The van der Waals surface area contributed by atoms with Crippen molar-refractivity contribution in [2.24, 2.45) is 0 Å². The molecule has 0 radical (unpaired) electrons. The first-order chi connectivity index (χ1) is 9.69. The number of carbonyl (C=O) groups excluding carboxylic acids is 1. The molecule has 114 valence electrons. The van der Waals surface area contributed by atoms with Gasteiger partial charge in [0.25, 0.3) is 0 Å². The quantitative estimate of drug-likeness (QED) is 0.913. The lowest BCUT2D eigenvalue weighted by Crippen LogP contribution is -2.33. The van der Waals surface area contributed by atoms with Crippen molar-refractivity contribution in [2.45, 2.75) is 39.8 Å². The first-order valence-corrected chi connectivity index (χ1v) is 6.83. The maximum atomic E-state index is 12.0. The molecule has 0 aliphatic carbocycles. The van der Waals surface area contributed by atoms with Crippen molar-refractivity contribution < 1.29 is 19.1 Å². The van der Waals surface area contributed by atoms with Crippen LogP contribution in [-0.4, -0.2) is 28.7 Å². The lowest BCUT2D eigenvalue weighted by molar-refractivity contribution is 0.0285. The molecule has 0 atom stereocenters. The van der Waals surface area contributed by atoms with E-state index < -0.39 is 11.7 Å². The molecule has 2 aromatic rings. The van der Waals surface area contributed by atoms with Crippen molar-refractivity contribution in [1.29, 1.82) is 0 Å². The van der Waals surface area contributed by atoms with Crippen molar-refractivity contribution in [3.05, 3.63) is 29.5 Å². The third-order valence-corrected chi connectivity index (χ3v) is 3.10. The first-order valence-electron chi connectivity index (χ1n) is 6.83. The molecule has 1 N–H and O–H groups in total. The van der Waals surface area contributed by atoms with Gasteiger partial charge in [-0.3, -0.25) is 0 Å². The summed E-state index contributed by atoms with van der Waals surface area (Å²) in [5, 5.41) is 10.6. The van der Waals surface area contributed by atoms with Gasteiger partial charge in [0.05, 0.1) is 6.54 Å². The fraction of sp³-hybridized carbons (Fsp3) is 0.438. The van der Waals surface area contributed by atoms with E-state index in [0.717, 1.165) is 10.9 Å². The number of hydrogen-bond donors (Lipinski definition) is 1. The maximum absolute atomic E-state index is 12.0. The van der Waals surface area contributed by atoms with Gasteiger partial charge < -0.3 is 19.2 Å². The number of amides is 1. The Balaban J connectivity index is 2.26. The van der Waals surface area contributed by atoms with E-state index in [2.05, 4.69) is 0 Å². The molecule has 2 rings (SSSR count). The van der Waals surface area contributed by atoms with Crippen LogP contribution >= 0.6 is 0 Å². The highest BCUT2D eigenvalue weighted by Gasteiger charge is 2.22. The molecule has 0 saturated heterocycles. The van der Waals surface area contributed by atoms with Gasteiger partial charge in [-0.1, -0.05) is 12.1 Å². The molecule has 0 spiro atoms. The number of hydrogen-bond acceptors (Lipinski definition) is 4. The van der Waals surface area contributed by atoms with Crippen LogP contribution in [0.25, 0.3) is 11.0 Å². The van der Waals surface area contributed by atoms with Gasteiger partial charge in [0.15, 0.2) is 11.3 Å². The average Bonchev–Trinajstić information content (AvgIpc) is 2.66. The number of furan rings is 1.